The third-order valence-electron chi connectivity index (χ3n) is 4.91. The standard InChI is InChI=1S/C21H21N3O6S/c1-2-7-22-19(26)20(27)24(21(22)28)13-18(25)23(12-15-4-3-10-31-15)14-5-6-16-17(11-14)30-9-8-29-16/h3-6,10-11H,2,7-9,12-13H2,1H3. The normalized spacial score (nSPS) is 15.6. The second-order valence-corrected chi connectivity index (χ2v) is 8.05. The molecule has 1 aromatic carbocycles. The molecule has 5 amide bonds. The second-order valence-electron chi connectivity index (χ2n) is 7.02. The second kappa shape index (κ2) is 8.76. The van der Waals surface area contributed by atoms with Crippen molar-refractivity contribution in [3.63, 3.8) is 0 Å². The molecule has 4 rings (SSSR count). The molecule has 2 aliphatic heterocycles. The molecule has 0 unspecified atom stereocenters. The first-order chi connectivity index (χ1) is 15.0. The van der Waals surface area contributed by atoms with Gasteiger partial charge in [0.1, 0.15) is 19.8 Å². The molecule has 0 saturated carbocycles. The number of benzene rings is 1. The molecule has 31 heavy (non-hydrogen) atoms. The fourth-order valence-corrected chi connectivity index (χ4v) is 4.11. The van der Waals surface area contributed by atoms with Gasteiger partial charge in [0.25, 0.3) is 0 Å². The van der Waals surface area contributed by atoms with Gasteiger partial charge in [0.05, 0.1) is 6.54 Å². The molecule has 0 spiro atoms. The number of nitrogens with zero attached hydrogens (tertiary/aromatic N) is 3. The van der Waals surface area contributed by atoms with Gasteiger partial charge in [-0.15, -0.1) is 11.3 Å². The van der Waals surface area contributed by atoms with Crippen molar-refractivity contribution in [3.05, 3.63) is 40.6 Å². The summed E-state index contributed by atoms with van der Waals surface area (Å²) in [6, 6.07) is 8.15. The van der Waals surface area contributed by atoms with Gasteiger partial charge >= 0.3 is 17.8 Å². The van der Waals surface area contributed by atoms with Crippen molar-refractivity contribution in [3.8, 4) is 11.5 Å². The van der Waals surface area contributed by atoms with Crippen LogP contribution in [0, 0.1) is 0 Å². The Morgan fingerprint density at radius 2 is 1.81 bits per heavy atom. The molecule has 0 atom stereocenters. The predicted octanol–water partition coefficient (Wildman–Crippen LogP) is 2.25. The Morgan fingerprint density at radius 1 is 1.06 bits per heavy atom. The van der Waals surface area contributed by atoms with Crippen molar-refractivity contribution in [2.75, 3.05) is 31.2 Å². The lowest BCUT2D eigenvalue weighted by Crippen LogP contribution is -2.43. The minimum absolute atomic E-state index is 0.134. The smallest absolute Gasteiger partial charge is 0.334 e. The minimum atomic E-state index is -0.981. The monoisotopic (exact) mass is 443 g/mol. The van der Waals surface area contributed by atoms with E-state index in [1.54, 1.807) is 25.1 Å². The van der Waals surface area contributed by atoms with Crippen molar-refractivity contribution in [1.29, 1.82) is 0 Å². The van der Waals surface area contributed by atoms with E-state index in [9.17, 15) is 19.2 Å². The van der Waals surface area contributed by atoms with Crippen molar-refractivity contribution >= 4 is 40.8 Å². The van der Waals surface area contributed by atoms with E-state index in [0.29, 0.717) is 41.7 Å². The number of rotatable bonds is 7. The Bertz CT molecular complexity index is 1020. The molecule has 2 aromatic rings. The van der Waals surface area contributed by atoms with Crippen LogP contribution >= 0.6 is 11.3 Å². The number of carbonyl (C=O) groups is 4. The molecule has 0 aliphatic carbocycles. The number of carbonyl (C=O) groups excluding carboxylic acids is 4. The van der Waals surface area contributed by atoms with E-state index >= 15 is 0 Å². The molecule has 162 valence electrons. The fraction of sp³-hybridized carbons (Fsp3) is 0.333. The summed E-state index contributed by atoms with van der Waals surface area (Å²) in [5, 5.41) is 1.90. The fourth-order valence-electron chi connectivity index (χ4n) is 3.41. The number of ether oxygens (including phenoxy) is 2. The molecule has 0 N–H and O–H groups in total. The molecule has 1 aromatic heterocycles. The highest BCUT2D eigenvalue weighted by Gasteiger charge is 2.45. The van der Waals surface area contributed by atoms with Crippen LogP contribution in [0.15, 0.2) is 35.7 Å². The van der Waals surface area contributed by atoms with Gasteiger partial charge in [-0.2, -0.15) is 0 Å². The van der Waals surface area contributed by atoms with Gasteiger partial charge in [-0.25, -0.2) is 9.69 Å². The van der Waals surface area contributed by atoms with E-state index in [2.05, 4.69) is 0 Å². The Labute approximate surface area is 182 Å². The number of thiophene rings is 1. The number of hydrogen-bond acceptors (Lipinski definition) is 7. The topological polar surface area (TPSA) is 96.5 Å². The lowest BCUT2D eigenvalue weighted by molar-refractivity contribution is -0.143. The van der Waals surface area contributed by atoms with Crippen LogP contribution in [0.25, 0.3) is 0 Å². The molecule has 0 radical (unpaired) electrons. The summed E-state index contributed by atoms with van der Waals surface area (Å²) in [5.74, 6) is -1.26. The Morgan fingerprint density at radius 3 is 2.52 bits per heavy atom. The van der Waals surface area contributed by atoms with Gasteiger partial charge < -0.3 is 14.4 Å². The summed E-state index contributed by atoms with van der Waals surface area (Å²) in [4.78, 5) is 54.2. The van der Waals surface area contributed by atoms with Gasteiger partial charge in [-0.1, -0.05) is 13.0 Å². The van der Waals surface area contributed by atoms with Gasteiger partial charge in [-0.3, -0.25) is 19.3 Å². The van der Waals surface area contributed by atoms with Crippen LogP contribution in [0.5, 0.6) is 11.5 Å². The quantitative estimate of drug-likeness (QED) is 0.481. The molecular weight excluding hydrogens is 422 g/mol. The van der Waals surface area contributed by atoms with E-state index in [1.807, 2.05) is 17.5 Å². The molecular formula is C21H21N3O6S. The number of fused-ring (bicyclic) bond motifs is 1. The molecule has 1 saturated heterocycles. The van der Waals surface area contributed by atoms with Gasteiger partial charge in [0.2, 0.25) is 5.91 Å². The molecule has 3 heterocycles. The highest BCUT2D eigenvalue weighted by molar-refractivity contribution is 7.09. The number of imide groups is 2. The summed E-state index contributed by atoms with van der Waals surface area (Å²) >= 11 is 1.48. The summed E-state index contributed by atoms with van der Waals surface area (Å²) in [6.45, 7) is 2.51. The van der Waals surface area contributed by atoms with Gasteiger partial charge in [-0.05, 0) is 30.0 Å². The van der Waals surface area contributed by atoms with Crippen molar-refractivity contribution in [2.45, 2.75) is 19.9 Å². The number of amides is 5. The Kier molecular flexibility index (Phi) is 5.90. The molecule has 2 aliphatic rings. The SMILES string of the molecule is CCCN1C(=O)C(=O)N(CC(=O)N(Cc2cccs2)c2ccc3c(c2)OCCO3)C1=O. The van der Waals surface area contributed by atoms with Crippen molar-refractivity contribution < 1.29 is 28.7 Å². The van der Waals surface area contributed by atoms with Crippen LogP contribution in [0.4, 0.5) is 10.5 Å². The van der Waals surface area contributed by atoms with Gasteiger partial charge in [0.15, 0.2) is 11.5 Å². The highest BCUT2D eigenvalue weighted by Crippen LogP contribution is 2.35. The first kappa shape index (κ1) is 20.9. The number of urea groups is 1. The Hall–Kier alpha value is -3.40. The highest BCUT2D eigenvalue weighted by atomic mass is 32.1. The maximum absolute atomic E-state index is 13.2. The average Bonchev–Trinajstić information content (AvgIpc) is 3.36. The molecule has 10 heteroatoms. The van der Waals surface area contributed by atoms with Crippen LogP contribution in [-0.4, -0.2) is 59.9 Å². The minimum Gasteiger partial charge on any atom is -0.486 e. The molecule has 1 fully saturated rings. The number of hydrogen-bond donors (Lipinski definition) is 0. The zero-order valence-corrected chi connectivity index (χ0v) is 17.7. The third kappa shape index (κ3) is 4.11. The third-order valence-corrected chi connectivity index (χ3v) is 5.77. The van der Waals surface area contributed by atoms with E-state index in [1.165, 1.54) is 16.2 Å². The predicted molar refractivity (Wildman–Crippen MR) is 112 cm³/mol. The van der Waals surface area contributed by atoms with Gasteiger partial charge in [0, 0.05) is 23.2 Å². The van der Waals surface area contributed by atoms with E-state index in [4.69, 9.17) is 9.47 Å². The molecule has 9 nitrogen and oxygen atoms in total. The summed E-state index contributed by atoms with van der Waals surface area (Å²) in [6.07, 6.45) is 0.522. The van der Waals surface area contributed by atoms with Crippen LogP contribution in [0.2, 0.25) is 0 Å². The first-order valence-electron chi connectivity index (χ1n) is 9.89. The van der Waals surface area contributed by atoms with Crippen molar-refractivity contribution in [2.24, 2.45) is 0 Å². The average molecular weight is 443 g/mol. The zero-order chi connectivity index (χ0) is 22.0. The van der Waals surface area contributed by atoms with Crippen LogP contribution in [0.3, 0.4) is 0 Å². The summed E-state index contributed by atoms with van der Waals surface area (Å²) < 4.78 is 11.2. The largest absolute Gasteiger partial charge is 0.486 e. The summed E-state index contributed by atoms with van der Waals surface area (Å²) in [7, 11) is 0. The lowest BCUT2D eigenvalue weighted by Gasteiger charge is -2.26. The van der Waals surface area contributed by atoms with Crippen LogP contribution in [-0.2, 0) is 20.9 Å². The lowest BCUT2D eigenvalue weighted by atomic mass is 10.2. The van der Waals surface area contributed by atoms with E-state index in [0.717, 1.165) is 9.78 Å². The molecule has 0 bridgehead atoms. The first-order valence-corrected chi connectivity index (χ1v) is 10.8. The maximum atomic E-state index is 13.2. The van der Waals surface area contributed by atoms with E-state index < -0.39 is 30.3 Å². The van der Waals surface area contributed by atoms with E-state index in [-0.39, 0.29) is 13.1 Å². The zero-order valence-electron chi connectivity index (χ0n) is 16.9. The number of anilines is 1. The van der Waals surface area contributed by atoms with Crippen molar-refractivity contribution in [1.82, 2.24) is 9.80 Å². The van der Waals surface area contributed by atoms with Crippen LogP contribution < -0.4 is 14.4 Å². The summed E-state index contributed by atoms with van der Waals surface area (Å²) in [5.41, 5.74) is 0.540. The maximum Gasteiger partial charge on any atom is 0.334 e. The van der Waals surface area contributed by atoms with Crippen LogP contribution in [0.1, 0.15) is 18.2 Å². The Balaban J connectivity index is 1.60.